The fourth-order valence-corrected chi connectivity index (χ4v) is 6.96. The number of aliphatic hydroxyl groups is 1. The van der Waals surface area contributed by atoms with Crippen LogP contribution >= 0.6 is 34.5 Å². The summed E-state index contributed by atoms with van der Waals surface area (Å²) in [5, 5.41) is 15.0. The number of aromatic nitrogens is 4. The lowest BCUT2D eigenvalue weighted by Gasteiger charge is -2.31. The van der Waals surface area contributed by atoms with Gasteiger partial charge in [0.2, 0.25) is 5.91 Å². The predicted octanol–water partition coefficient (Wildman–Crippen LogP) is 3.65. The third kappa shape index (κ3) is 3.87. The van der Waals surface area contributed by atoms with E-state index in [1.54, 1.807) is 25.2 Å². The van der Waals surface area contributed by atoms with Crippen LogP contribution in [0.15, 0.2) is 18.3 Å². The van der Waals surface area contributed by atoms with Crippen LogP contribution in [0, 0.1) is 17.8 Å². The zero-order chi connectivity index (χ0) is 24.4. The number of hydrogen-bond acceptors (Lipinski definition) is 8. The molecule has 2 fully saturated rings. The van der Waals surface area contributed by atoms with Crippen LogP contribution in [0.2, 0.25) is 10.2 Å². The van der Waals surface area contributed by atoms with Crippen LogP contribution in [-0.2, 0) is 4.79 Å². The standard InChI is InChI=1S/C23H25Cl2N7O2S/c1-31(2)22(34)14-10-3-4-11(7-10)15(14)27-16-13(24)8-26-20-17(16)28-21(30-20)18-19(25)29-23(35-18)32-6-5-12(33)9-32/h3-4,8,10-12,14-15,33H,5-7,9H2,1-2H3,(H2,26,27,28,30). The van der Waals surface area contributed by atoms with Crippen molar-refractivity contribution in [2.75, 3.05) is 37.4 Å². The third-order valence-electron chi connectivity index (χ3n) is 7.19. The number of pyridine rings is 1. The molecule has 5 unspecified atom stereocenters. The number of nitrogens with zero attached hydrogens (tertiary/aromatic N) is 5. The smallest absolute Gasteiger partial charge is 0.227 e. The molecule has 0 aromatic carbocycles. The van der Waals surface area contributed by atoms with Gasteiger partial charge in [0.25, 0.3) is 0 Å². The first-order valence-corrected chi connectivity index (χ1v) is 13.2. The molecule has 35 heavy (non-hydrogen) atoms. The van der Waals surface area contributed by atoms with Crippen LogP contribution in [-0.4, -0.2) is 75.2 Å². The Labute approximate surface area is 216 Å². The number of halogens is 2. The monoisotopic (exact) mass is 533 g/mol. The molecule has 6 rings (SSSR count). The lowest BCUT2D eigenvalue weighted by Crippen LogP contribution is -2.43. The number of thiazole rings is 1. The number of aromatic amines is 1. The molecule has 184 valence electrons. The van der Waals surface area contributed by atoms with Crippen molar-refractivity contribution in [2.24, 2.45) is 17.8 Å². The normalized spacial score (nSPS) is 27.3. The molecule has 9 nitrogen and oxygen atoms in total. The number of carbonyl (C=O) groups is 1. The summed E-state index contributed by atoms with van der Waals surface area (Å²) in [7, 11) is 3.59. The van der Waals surface area contributed by atoms with E-state index in [-0.39, 0.29) is 35.8 Å². The van der Waals surface area contributed by atoms with Crippen LogP contribution < -0.4 is 10.2 Å². The van der Waals surface area contributed by atoms with Crippen molar-refractivity contribution >= 4 is 62.4 Å². The minimum absolute atomic E-state index is 0.0741. The summed E-state index contributed by atoms with van der Waals surface area (Å²) in [4.78, 5) is 34.3. The average Bonchev–Trinajstić information content (AvgIpc) is 3.63. The molecule has 2 bridgehead atoms. The van der Waals surface area contributed by atoms with Crippen LogP contribution in [0.1, 0.15) is 12.8 Å². The van der Waals surface area contributed by atoms with Crippen molar-refractivity contribution in [2.45, 2.75) is 25.0 Å². The van der Waals surface area contributed by atoms with E-state index in [0.717, 1.165) is 18.1 Å². The highest BCUT2D eigenvalue weighted by atomic mass is 35.5. The number of rotatable bonds is 5. The van der Waals surface area contributed by atoms with E-state index in [1.807, 2.05) is 4.90 Å². The fourth-order valence-electron chi connectivity index (χ4n) is 5.49. The van der Waals surface area contributed by atoms with Gasteiger partial charge in [-0.05, 0) is 24.7 Å². The predicted molar refractivity (Wildman–Crippen MR) is 138 cm³/mol. The fraction of sp³-hybridized carbons (Fsp3) is 0.478. The molecule has 3 aromatic rings. The second-order valence-corrected chi connectivity index (χ2v) is 11.4. The maximum atomic E-state index is 13.0. The summed E-state index contributed by atoms with van der Waals surface area (Å²) in [6, 6.07) is -0.0741. The molecular formula is C23H25Cl2N7O2S. The van der Waals surface area contributed by atoms with Gasteiger partial charge < -0.3 is 25.2 Å². The van der Waals surface area contributed by atoms with E-state index in [9.17, 15) is 9.90 Å². The van der Waals surface area contributed by atoms with Gasteiger partial charge in [-0.3, -0.25) is 4.79 Å². The second kappa shape index (κ2) is 8.62. The van der Waals surface area contributed by atoms with E-state index < -0.39 is 0 Å². The minimum Gasteiger partial charge on any atom is -0.391 e. The van der Waals surface area contributed by atoms with Gasteiger partial charge in [-0.1, -0.05) is 46.7 Å². The Kier molecular flexibility index (Phi) is 5.67. The SMILES string of the molecule is CN(C)C(=O)C1C2C=CC(C2)C1Nc1c(Cl)cnc2nc(-c3sc(N4CCC(O)C4)nc3Cl)[nH]c12. The quantitative estimate of drug-likeness (QED) is 0.429. The van der Waals surface area contributed by atoms with Crippen molar-refractivity contribution in [1.29, 1.82) is 0 Å². The first kappa shape index (κ1) is 23.0. The van der Waals surface area contributed by atoms with Crippen LogP contribution in [0.3, 0.4) is 0 Å². The molecule has 0 radical (unpaired) electrons. The molecule has 5 atom stereocenters. The molecule has 3 N–H and O–H groups in total. The Balaban J connectivity index is 1.35. The number of imidazole rings is 1. The summed E-state index contributed by atoms with van der Waals surface area (Å²) < 4.78 is 0. The molecular weight excluding hydrogens is 509 g/mol. The van der Waals surface area contributed by atoms with Crippen LogP contribution in [0.5, 0.6) is 0 Å². The van der Waals surface area contributed by atoms with Crippen LogP contribution in [0.4, 0.5) is 10.8 Å². The van der Waals surface area contributed by atoms with E-state index in [4.69, 9.17) is 23.2 Å². The number of fused-ring (bicyclic) bond motifs is 3. The Bertz CT molecular complexity index is 1340. The number of β-amino-alcohol motifs (C(OH)–C–C–N with tert-alkyl or cyclic N) is 1. The van der Waals surface area contributed by atoms with Crippen molar-refractivity contribution in [3.05, 3.63) is 28.5 Å². The van der Waals surface area contributed by atoms with Crippen molar-refractivity contribution in [3.8, 4) is 10.7 Å². The molecule has 3 aromatic heterocycles. The maximum absolute atomic E-state index is 13.0. The Morgan fingerprint density at radius 3 is 2.83 bits per heavy atom. The molecule has 1 amide bonds. The number of amides is 1. The Morgan fingerprint density at radius 1 is 1.29 bits per heavy atom. The number of aliphatic hydroxyl groups excluding tert-OH is 1. The molecule has 1 saturated carbocycles. The van der Waals surface area contributed by atoms with Gasteiger partial charge in [0.15, 0.2) is 21.8 Å². The van der Waals surface area contributed by atoms with Gasteiger partial charge in [-0.2, -0.15) is 0 Å². The number of hydrogen-bond donors (Lipinski definition) is 3. The van der Waals surface area contributed by atoms with E-state index in [2.05, 4.69) is 37.4 Å². The highest BCUT2D eigenvalue weighted by molar-refractivity contribution is 7.19. The first-order valence-electron chi connectivity index (χ1n) is 11.6. The van der Waals surface area contributed by atoms with Gasteiger partial charge >= 0.3 is 0 Å². The van der Waals surface area contributed by atoms with Crippen molar-refractivity contribution < 1.29 is 9.90 Å². The van der Waals surface area contributed by atoms with E-state index in [1.165, 1.54) is 11.3 Å². The Morgan fingerprint density at radius 2 is 2.09 bits per heavy atom. The summed E-state index contributed by atoms with van der Waals surface area (Å²) in [5.74, 6) is 0.988. The van der Waals surface area contributed by atoms with Crippen LogP contribution in [0.25, 0.3) is 21.9 Å². The number of H-pyrrole nitrogens is 1. The number of anilines is 2. The average molecular weight is 534 g/mol. The summed E-state index contributed by atoms with van der Waals surface area (Å²) in [5.41, 5.74) is 1.85. The van der Waals surface area contributed by atoms with Gasteiger partial charge in [-0.15, -0.1) is 0 Å². The Hall–Kier alpha value is -2.40. The van der Waals surface area contributed by atoms with Gasteiger partial charge in [0, 0.05) is 33.2 Å². The molecule has 0 spiro atoms. The summed E-state index contributed by atoms with van der Waals surface area (Å²) in [6.45, 7) is 1.28. The molecule has 4 heterocycles. The van der Waals surface area contributed by atoms with Gasteiger partial charge in [0.1, 0.15) is 10.4 Å². The zero-order valence-electron chi connectivity index (χ0n) is 19.2. The summed E-state index contributed by atoms with van der Waals surface area (Å²) in [6.07, 6.45) is 7.25. The molecule has 1 aliphatic heterocycles. The topological polar surface area (TPSA) is 110 Å². The zero-order valence-corrected chi connectivity index (χ0v) is 21.5. The largest absolute Gasteiger partial charge is 0.391 e. The second-order valence-electron chi connectivity index (χ2n) is 9.65. The number of carbonyl (C=O) groups excluding carboxylic acids is 1. The number of nitrogens with one attached hydrogen (secondary N) is 2. The lowest BCUT2D eigenvalue weighted by atomic mass is 9.87. The highest BCUT2D eigenvalue weighted by Gasteiger charge is 2.49. The summed E-state index contributed by atoms with van der Waals surface area (Å²) >= 11 is 14.5. The van der Waals surface area contributed by atoms with Gasteiger partial charge in [0.05, 0.1) is 28.9 Å². The van der Waals surface area contributed by atoms with Gasteiger partial charge in [-0.25, -0.2) is 15.0 Å². The van der Waals surface area contributed by atoms with E-state index >= 15 is 0 Å². The maximum Gasteiger partial charge on any atom is 0.227 e. The lowest BCUT2D eigenvalue weighted by molar-refractivity contribution is -0.133. The highest BCUT2D eigenvalue weighted by Crippen LogP contribution is 2.47. The number of allylic oxidation sites excluding steroid dienone is 1. The molecule has 3 aliphatic rings. The molecule has 2 aliphatic carbocycles. The molecule has 12 heteroatoms. The van der Waals surface area contributed by atoms with Crippen molar-refractivity contribution in [1.82, 2.24) is 24.8 Å². The third-order valence-corrected chi connectivity index (χ3v) is 8.99. The van der Waals surface area contributed by atoms with E-state index in [0.29, 0.717) is 50.7 Å². The first-order chi connectivity index (χ1) is 16.8. The van der Waals surface area contributed by atoms with Crippen molar-refractivity contribution in [3.63, 3.8) is 0 Å². The molecule has 1 saturated heterocycles. The minimum atomic E-state index is -0.351.